The van der Waals surface area contributed by atoms with Crippen LogP contribution in [0, 0.1) is 11.1 Å². The van der Waals surface area contributed by atoms with Gasteiger partial charge < -0.3 is 15.4 Å². The quantitative estimate of drug-likeness (QED) is 0.597. The van der Waals surface area contributed by atoms with Crippen molar-refractivity contribution in [3.63, 3.8) is 0 Å². The van der Waals surface area contributed by atoms with E-state index in [1.807, 2.05) is 13.8 Å². The molecule has 0 radical (unpaired) electrons. The second kappa shape index (κ2) is 4.66. The standard InChI is InChI=1S/C7H16NO2/c1-6(2)4-8(10)5-7(3)9/h6-7,9H,4-5H2,1-3H3/q-1. The largest absolute Gasteiger partial charge is 0.785 e. The Morgan fingerprint density at radius 3 is 2.10 bits per heavy atom. The summed E-state index contributed by atoms with van der Waals surface area (Å²) in [6.45, 7) is 6.30. The second-order valence-electron chi connectivity index (χ2n) is 3.09. The first-order valence-corrected chi connectivity index (χ1v) is 3.62. The molecule has 0 spiro atoms. The van der Waals surface area contributed by atoms with Gasteiger partial charge >= 0.3 is 0 Å². The molecule has 0 aliphatic heterocycles. The summed E-state index contributed by atoms with van der Waals surface area (Å²) < 4.78 is 0. The summed E-state index contributed by atoms with van der Waals surface area (Å²) in [5.74, 6) is 0.372. The molecular weight excluding hydrogens is 130 g/mol. The number of hydrogen-bond donors (Lipinski definition) is 1. The van der Waals surface area contributed by atoms with E-state index in [0.29, 0.717) is 12.5 Å². The van der Waals surface area contributed by atoms with Crippen LogP contribution in [0.3, 0.4) is 0 Å². The van der Waals surface area contributed by atoms with Crippen LogP contribution in [0.4, 0.5) is 0 Å². The Bertz CT molecular complexity index is 73.7. The van der Waals surface area contributed by atoms with Gasteiger partial charge in [0.1, 0.15) is 0 Å². The zero-order valence-corrected chi connectivity index (χ0v) is 6.87. The van der Waals surface area contributed by atoms with Gasteiger partial charge in [0.25, 0.3) is 0 Å². The Hall–Kier alpha value is -0.120. The van der Waals surface area contributed by atoms with Crippen LogP contribution >= 0.6 is 0 Å². The summed E-state index contributed by atoms with van der Waals surface area (Å²) in [5.41, 5.74) is 0. The third-order valence-electron chi connectivity index (χ3n) is 1.04. The predicted molar refractivity (Wildman–Crippen MR) is 41.5 cm³/mol. The monoisotopic (exact) mass is 146 g/mol. The topological polar surface area (TPSA) is 46.5 Å². The molecule has 3 nitrogen and oxygen atoms in total. The van der Waals surface area contributed by atoms with Gasteiger partial charge in [0.05, 0.1) is 6.10 Å². The highest BCUT2D eigenvalue weighted by atomic mass is 16.5. The summed E-state index contributed by atoms with van der Waals surface area (Å²) in [4.78, 5) is 0. The van der Waals surface area contributed by atoms with Gasteiger partial charge in [0.15, 0.2) is 0 Å². The van der Waals surface area contributed by atoms with Gasteiger partial charge in [-0.15, -0.1) is 0 Å². The molecule has 0 aromatic rings. The number of rotatable bonds is 4. The van der Waals surface area contributed by atoms with Crippen molar-refractivity contribution >= 4 is 0 Å². The van der Waals surface area contributed by atoms with Crippen LogP contribution in [0.15, 0.2) is 0 Å². The van der Waals surface area contributed by atoms with Crippen LogP contribution < -0.4 is 0 Å². The van der Waals surface area contributed by atoms with Crippen LogP contribution in [0.25, 0.3) is 0 Å². The fraction of sp³-hybridized carbons (Fsp3) is 1.00. The van der Waals surface area contributed by atoms with Crippen molar-refractivity contribution in [1.82, 2.24) is 5.06 Å². The van der Waals surface area contributed by atoms with Crippen molar-refractivity contribution in [2.24, 2.45) is 5.92 Å². The molecule has 1 unspecified atom stereocenters. The molecule has 62 valence electrons. The van der Waals surface area contributed by atoms with Crippen molar-refractivity contribution < 1.29 is 5.11 Å². The van der Waals surface area contributed by atoms with Gasteiger partial charge in [-0.25, -0.2) is 0 Å². The Balaban J connectivity index is 3.34. The summed E-state index contributed by atoms with van der Waals surface area (Å²) in [6, 6.07) is 0. The maximum absolute atomic E-state index is 10.8. The fourth-order valence-corrected chi connectivity index (χ4v) is 0.777. The zero-order chi connectivity index (χ0) is 8.15. The number of aliphatic hydroxyl groups excluding tert-OH is 1. The average Bonchev–Trinajstić information content (AvgIpc) is 1.58. The minimum atomic E-state index is -0.517. The van der Waals surface area contributed by atoms with Gasteiger partial charge in [-0.2, -0.15) is 0 Å². The summed E-state index contributed by atoms with van der Waals surface area (Å²) in [7, 11) is 0. The maximum atomic E-state index is 10.8. The third kappa shape index (κ3) is 6.01. The van der Waals surface area contributed by atoms with E-state index >= 15 is 0 Å². The van der Waals surface area contributed by atoms with E-state index in [-0.39, 0.29) is 6.54 Å². The van der Waals surface area contributed by atoms with Crippen molar-refractivity contribution in [3.8, 4) is 0 Å². The Kier molecular flexibility index (Phi) is 4.60. The van der Waals surface area contributed by atoms with Crippen LogP contribution in [0.2, 0.25) is 0 Å². The molecule has 0 aromatic heterocycles. The van der Waals surface area contributed by atoms with E-state index in [1.165, 1.54) is 0 Å². The average molecular weight is 146 g/mol. The van der Waals surface area contributed by atoms with Crippen molar-refractivity contribution in [2.45, 2.75) is 26.9 Å². The molecule has 0 saturated carbocycles. The van der Waals surface area contributed by atoms with Gasteiger partial charge in [0.2, 0.25) is 0 Å². The normalized spacial score (nSPS) is 14.7. The second-order valence-corrected chi connectivity index (χ2v) is 3.09. The first-order valence-electron chi connectivity index (χ1n) is 3.62. The molecule has 0 aliphatic rings. The Labute approximate surface area is 62.2 Å². The lowest BCUT2D eigenvalue weighted by Crippen LogP contribution is -2.28. The lowest BCUT2D eigenvalue weighted by Gasteiger charge is -2.30. The molecule has 0 bridgehead atoms. The molecule has 1 atom stereocenters. The number of hydrogen-bond acceptors (Lipinski definition) is 3. The minimum absolute atomic E-state index is 0.220. The van der Waals surface area contributed by atoms with E-state index in [1.54, 1.807) is 6.92 Å². The summed E-state index contributed by atoms with van der Waals surface area (Å²) >= 11 is 0. The highest BCUT2D eigenvalue weighted by Crippen LogP contribution is 1.97. The van der Waals surface area contributed by atoms with Crippen molar-refractivity contribution in [1.29, 1.82) is 0 Å². The first-order chi connectivity index (χ1) is 4.52. The van der Waals surface area contributed by atoms with Gasteiger partial charge in [-0.1, -0.05) is 13.8 Å². The predicted octanol–water partition coefficient (Wildman–Crippen LogP) is 0.823. The number of hydroxylamine groups is 2. The molecule has 0 aliphatic carbocycles. The van der Waals surface area contributed by atoms with E-state index < -0.39 is 6.10 Å². The molecule has 10 heavy (non-hydrogen) atoms. The van der Waals surface area contributed by atoms with Gasteiger partial charge in [-0.05, 0) is 19.4 Å². The molecule has 3 heteroatoms. The molecule has 0 rings (SSSR count). The van der Waals surface area contributed by atoms with Crippen LogP contribution in [-0.4, -0.2) is 29.4 Å². The van der Waals surface area contributed by atoms with E-state index in [9.17, 15) is 5.21 Å². The maximum Gasteiger partial charge on any atom is 0.0629 e. The van der Waals surface area contributed by atoms with Crippen LogP contribution in [0.1, 0.15) is 20.8 Å². The molecule has 0 saturated heterocycles. The molecule has 0 heterocycles. The van der Waals surface area contributed by atoms with Crippen molar-refractivity contribution in [3.05, 3.63) is 5.21 Å². The third-order valence-corrected chi connectivity index (χ3v) is 1.04. The van der Waals surface area contributed by atoms with Crippen LogP contribution in [-0.2, 0) is 0 Å². The highest BCUT2D eigenvalue weighted by Gasteiger charge is 1.99. The Morgan fingerprint density at radius 1 is 1.30 bits per heavy atom. The summed E-state index contributed by atoms with van der Waals surface area (Å²) in [6.07, 6.45) is -0.517. The minimum Gasteiger partial charge on any atom is -0.785 e. The van der Waals surface area contributed by atoms with E-state index in [4.69, 9.17) is 5.11 Å². The van der Waals surface area contributed by atoms with E-state index in [2.05, 4.69) is 0 Å². The lowest BCUT2D eigenvalue weighted by atomic mass is 10.2. The van der Waals surface area contributed by atoms with Gasteiger partial charge in [0, 0.05) is 6.54 Å². The lowest BCUT2D eigenvalue weighted by molar-refractivity contribution is 0.145. The SMILES string of the molecule is CC(C)CN([O-])CC(C)O. The van der Waals surface area contributed by atoms with Gasteiger partial charge in [-0.3, -0.25) is 0 Å². The summed E-state index contributed by atoms with van der Waals surface area (Å²) in [5, 5.41) is 20.5. The molecule has 1 N–H and O–H groups in total. The molecule has 0 fully saturated rings. The Morgan fingerprint density at radius 2 is 1.80 bits per heavy atom. The van der Waals surface area contributed by atoms with Crippen LogP contribution in [0.5, 0.6) is 0 Å². The number of aliphatic hydroxyl groups is 1. The smallest absolute Gasteiger partial charge is 0.0629 e. The number of nitrogens with zero attached hydrogens (tertiary/aromatic N) is 1. The molecular formula is C7H16NO2-. The zero-order valence-electron chi connectivity index (χ0n) is 6.87. The fourth-order valence-electron chi connectivity index (χ4n) is 0.777. The van der Waals surface area contributed by atoms with E-state index in [0.717, 1.165) is 5.06 Å². The van der Waals surface area contributed by atoms with Crippen molar-refractivity contribution in [2.75, 3.05) is 13.1 Å². The molecule has 0 aromatic carbocycles. The highest BCUT2D eigenvalue weighted by molar-refractivity contribution is 4.62. The molecule has 0 amide bonds. The first kappa shape index (κ1) is 9.88.